The van der Waals surface area contributed by atoms with Crippen LogP contribution in [-0.2, 0) is 6.18 Å². The van der Waals surface area contributed by atoms with Crippen molar-refractivity contribution < 1.29 is 13.2 Å². The van der Waals surface area contributed by atoms with Crippen molar-refractivity contribution in [3.8, 4) is 11.3 Å². The molecule has 2 nitrogen and oxygen atoms in total. The van der Waals surface area contributed by atoms with Gasteiger partial charge in [0.15, 0.2) is 0 Å². The molecular formula is C14H13F3N2. The molecule has 0 fully saturated rings. The predicted molar refractivity (Wildman–Crippen MR) is 68.6 cm³/mol. The summed E-state index contributed by atoms with van der Waals surface area (Å²) in [4.78, 5) is 4.19. The number of benzene rings is 1. The fraction of sp³-hybridized carbons (Fsp3) is 0.214. The second kappa shape index (κ2) is 4.57. The monoisotopic (exact) mass is 266 g/mol. The molecule has 0 saturated carbocycles. The zero-order chi connectivity index (χ0) is 14.2. The molecule has 1 aromatic heterocycles. The number of nitrogen functional groups attached to an aromatic ring is 1. The fourth-order valence-corrected chi connectivity index (χ4v) is 1.98. The van der Waals surface area contributed by atoms with Crippen LogP contribution in [0.3, 0.4) is 0 Å². The van der Waals surface area contributed by atoms with Crippen molar-refractivity contribution >= 4 is 5.69 Å². The van der Waals surface area contributed by atoms with Crippen LogP contribution in [0.5, 0.6) is 0 Å². The third-order valence-corrected chi connectivity index (χ3v) is 2.91. The maximum absolute atomic E-state index is 12.6. The summed E-state index contributed by atoms with van der Waals surface area (Å²) < 4.78 is 37.8. The number of hydrogen-bond donors (Lipinski definition) is 1. The van der Waals surface area contributed by atoms with Crippen molar-refractivity contribution in [2.75, 3.05) is 5.73 Å². The number of pyridine rings is 1. The molecule has 0 atom stereocenters. The highest BCUT2D eigenvalue weighted by Gasteiger charge is 2.30. The van der Waals surface area contributed by atoms with Crippen LogP contribution in [0.1, 0.15) is 16.7 Å². The first-order valence-electron chi connectivity index (χ1n) is 5.69. The number of aromatic nitrogens is 1. The van der Waals surface area contributed by atoms with Gasteiger partial charge in [0.25, 0.3) is 0 Å². The van der Waals surface area contributed by atoms with E-state index >= 15 is 0 Å². The summed E-state index contributed by atoms with van der Waals surface area (Å²) in [7, 11) is 0. The summed E-state index contributed by atoms with van der Waals surface area (Å²) in [6.07, 6.45) is -2.83. The van der Waals surface area contributed by atoms with Crippen molar-refractivity contribution in [2.45, 2.75) is 20.0 Å². The lowest BCUT2D eigenvalue weighted by Gasteiger charge is -2.12. The van der Waals surface area contributed by atoms with Gasteiger partial charge >= 0.3 is 6.18 Å². The van der Waals surface area contributed by atoms with Gasteiger partial charge in [0.1, 0.15) is 0 Å². The van der Waals surface area contributed by atoms with Crippen LogP contribution in [0.15, 0.2) is 30.5 Å². The van der Waals surface area contributed by atoms with E-state index in [9.17, 15) is 13.2 Å². The third kappa shape index (κ3) is 2.70. The maximum Gasteiger partial charge on any atom is 0.416 e. The van der Waals surface area contributed by atoms with Crippen molar-refractivity contribution in [3.05, 3.63) is 47.2 Å². The summed E-state index contributed by atoms with van der Waals surface area (Å²) in [6, 6.07) is 5.40. The van der Waals surface area contributed by atoms with E-state index in [1.54, 1.807) is 13.0 Å². The molecule has 19 heavy (non-hydrogen) atoms. The van der Waals surface area contributed by atoms with E-state index in [2.05, 4.69) is 4.98 Å². The highest BCUT2D eigenvalue weighted by molar-refractivity contribution is 5.68. The summed E-state index contributed by atoms with van der Waals surface area (Å²) in [6.45, 7) is 3.47. The number of halogens is 3. The molecule has 1 heterocycles. The van der Waals surface area contributed by atoms with Crippen molar-refractivity contribution in [2.24, 2.45) is 0 Å². The minimum absolute atomic E-state index is 0.533. The van der Waals surface area contributed by atoms with Gasteiger partial charge in [-0.1, -0.05) is 6.07 Å². The van der Waals surface area contributed by atoms with Gasteiger partial charge in [0.2, 0.25) is 0 Å². The molecule has 100 valence electrons. The van der Waals surface area contributed by atoms with E-state index in [0.29, 0.717) is 22.5 Å². The van der Waals surface area contributed by atoms with E-state index in [0.717, 1.165) is 17.7 Å². The number of nitrogens with zero attached hydrogens (tertiary/aromatic N) is 1. The standard InChI is InChI=1S/C14H13F3N2/c1-8-5-10(14(15,16)17)3-4-12(8)13-9(2)6-11(18)7-19-13/h3-7H,18H2,1-2H3. The predicted octanol–water partition coefficient (Wildman–Crippen LogP) is 3.97. The van der Waals surface area contributed by atoms with Crippen LogP contribution in [0, 0.1) is 13.8 Å². The summed E-state index contributed by atoms with van der Waals surface area (Å²) in [5.74, 6) is 0. The van der Waals surface area contributed by atoms with Crippen LogP contribution >= 0.6 is 0 Å². The largest absolute Gasteiger partial charge is 0.416 e. The van der Waals surface area contributed by atoms with Crippen LogP contribution in [-0.4, -0.2) is 4.98 Å². The normalized spacial score (nSPS) is 11.6. The smallest absolute Gasteiger partial charge is 0.397 e. The average Bonchev–Trinajstić information content (AvgIpc) is 2.28. The Hall–Kier alpha value is -2.04. The van der Waals surface area contributed by atoms with E-state index in [1.165, 1.54) is 12.3 Å². The minimum Gasteiger partial charge on any atom is -0.397 e. The zero-order valence-electron chi connectivity index (χ0n) is 10.5. The lowest BCUT2D eigenvalue weighted by Crippen LogP contribution is -2.05. The molecule has 0 amide bonds. The number of rotatable bonds is 1. The van der Waals surface area contributed by atoms with Gasteiger partial charge in [-0.3, -0.25) is 4.98 Å². The lowest BCUT2D eigenvalue weighted by atomic mass is 9.99. The van der Waals surface area contributed by atoms with Crippen molar-refractivity contribution in [1.82, 2.24) is 4.98 Å². The molecule has 2 N–H and O–H groups in total. The Bertz CT molecular complexity index is 619. The summed E-state index contributed by atoms with van der Waals surface area (Å²) in [5, 5.41) is 0. The molecule has 1 aromatic carbocycles. The molecule has 0 unspecified atom stereocenters. The van der Waals surface area contributed by atoms with Crippen LogP contribution in [0.4, 0.5) is 18.9 Å². The van der Waals surface area contributed by atoms with Crippen LogP contribution in [0.25, 0.3) is 11.3 Å². The van der Waals surface area contributed by atoms with Crippen molar-refractivity contribution in [3.63, 3.8) is 0 Å². The van der Waals surface area contributed by atoms with Crippen LogP contribution < -0.4 is 5.73 Å². The third-order valence-electron chi connectivity index (χ3n) is 2.91. The molecule has 2 rings (SSSR count). The molecule has 0 aliphatic rings. The van der Waals surface area contributed by atoms with Crippen LogP contribution in [0.2, 0.25) is 0 Å². The first-order valence-corrected chi connectivity index (χ1v) is 5.69. The van der Waals surface area contributed by atoms with E-state index in [-0.39, 0.29) is 0 Å². The number of aryl methyl sites for hydroxylation is 2. The minimum atomic E-state index is -4.33. The van der Waals surface area contributed by atoms with Gasteiger partial charge in [0, 0.05) is 5.56 Å². The second-order valence-electron chi connectivity index (χ2n) is 4.46. The fourth-order valence-electron chi connectivity index (χ4n) is 1.98. The Morgan fingerprint density at radius 2 is 1.74 bits per heavy atom. The first-order chi connectivity index (χ1) is 8.79. The first kappa shape index (κ1) is 13.4. The molecule has 0 bridgehead atoms. The molecule has 0 spiro atoms. The van der Waals surface area contributed by atoms with E-state index in [1.807, 2.05) is 6.92 Å². The Balaban J connectivity index is 2.52. The quantitative estimate of drug-likeness (QED) is 0.848. The van der Waals surface area contributed by atoms with E-state index < -0.39 is 11.7 Å². The Morgan fingerprint density at radius 1 is 1.05 bits per heavy atom. The Labute approximate surface area is 109 Å². The van der Waals surface area contributed by atoms with Crippen molar-refractivity contribution in [1.29, 1.82) is 0 Å². The number of anilines is 1. The molecule has 0 saturated heterocycles. The van der Waals surface area contributed by atoms with Gasteiger partial charge < -0.3 is 5.73 Å². The molecule has 2 aromatic rings. The van der Waals surface area contributed by atoms with Gasteiger partial charge in [-0.05, 0) is 43.2 Å². The number of alkyl halides is 3. The van der Waals surface area contributed by atoms with Gasteiger partial charge in [-0.2, -0.15) is 13.2 Å². The second-order valence-corrected chi connectivity index (χ2v) is 4.46. The molecular weight excluding hydrogens is 253 g/mol. The zero-order valence-corrected chi connectivity index (χ0v) is 10.5. The highest BCUT2D eigenvalue weighted by atomic mass is 19.4. The number of nitrogens with two attached hydrogens (primary N) is 1. The summed E-state index contributed by atoms with van der Waals surface area (Å²) in [5.41, 5.74) is 8.21. The van der Waals surface area contributed by atoms with Gasteiger partial charge in [-0.25, -0.2) is 0 Å². The topological polar surface area (TPSA) is 38.9 Å². The van der Waals surface area contributed by atoms with Gasteiger partial charge in [-0.15, -0.1) is 0 Å². The summed E-state index contributed by atoms with van der Waals surface area (Å²) >= 11 is 0. The maximum atomic E-state index is 12.6. The molecule has 5 heteroatoms. The lowest BCUT2D eigenvalue weighted by molar-refractivity contribution is -0.137. The highest BCUT2D eigenvalue weighted by Crippen LogP contribution is 2.33. The molecule has 0 aliphatic heterocycles. The Kier molecular flexibility index (Phi) is 3.22. The van der Waals surface area contributed by atoms with Gasteiger partial charge in [0.05, 0.1) is 23.1 Å². The Morgan fingerprint density at radius 3 is 2.26 bits per heavy atom. The molecule has 0 radical (unpaired) electrons. The SMILES string of the molecule is Cc1cc(C(F)(F)F)ccc1-c1ncc(N)cc1C. The number of hydrogen-bond acceptors (Lipinski definition) is 2. The van der Waals surface area contributed by atoms with E-state index in [4.69, 9.17) is 5.73 Å². The average molecular weight is 266 g/mol. The molecule has 0 aliphatic carbocycles.